The van der Waals surface area contributed by atoms with Crippen LogP contribution in [0.4, 0.5) is 0 Å². The summed E-state index contributed by atoms with van der Waals surface area (Å²) >= 11 is 1.61. The number of thiophene rings is 1. The molecule has 0 aromatic carbocycles. The van der Waals surface area contributed by atoms with Crippen LogP contribution < -0.4 is 0 Å². The van der Waals surface area contributed by atoms with Crippen molar-refractivity contribution in [2.45, 2.75) is 31.7 Å². The average molecular weight is 333 g/mol. The summed E-state index contributed by atoms with van der Waals surface area (Å²) in [5, 5.41) is 15.1. The zero-order chi connectivity index (χ0) is 16.4. The zero-order valence-corrected chi connectivity index (χ0v) is 13.7. The Hall–Kier alpha value is -2.15. The number of nitrogens with zero attached hydrogens (tertiary/aromatic N) is 3. The van der Waals surface area contributed by atoms with Gasteiger partial charge in [-0.25, -0.2) is 4.79 Å². The van der Waals surface area contributed by atoms with Gasteiger partial charge in [0.15, 0.2) is 0 Å². The molecule has 122 valence electrons. The molecule has 0 aliphatic carbocycles. The van der Waals surface area contributed by atoms with Crippen molar-refractivity contribution in [1.82, 2.24) is 14.7 Å². The number of likely N-dealkylation sites (tertiary alicyclic amines) is 1. The third-order valence-electron chi connectivity index (χ3n) is 4.34. The number of rotatable bonds is 4. The molecule has 1 unspecified atom stereocenters. The molecular formula is C16H19N3O3S. The van der Waals surface area contributed by atoms with E-state index in [1.165, 1.54) is 6.20 Å². The number of carboxylic acids is 1. The molecule has 1 aliphatic heterocycles. The summed E-state index contributed by atoms with van der Waals surface area (Å²) in [6.07, 6.45) is 4.53. The molecule has 2 aromatic rings. The number of hydrogen-bond acceptors (Lipinski definition) is 4. The van der Waals surface area contributed by atoms with Gasteiger partial charge < -0.3 is 10.0 Å². The van der Waals surface area contributed by atoms with E-state index in [0.29, 0.717) is 13.1 Å². The molecule has 3 rings (SSSR count). The van der Waals surface area contributed by atoms with Gasteiger partial charge in [-0.1, -0.05) is 6.07 Å². The average Bonchev–Trinajstić information content (AvgIpc) is 3.25. The lowest BCUT2D eigenvalue weighted by molar-refractivity contribution is -0.133. The summed E-state index contributed by atoms with van der Waals surface area (Å²) in [5.74, 6) is -0.902. The largest absolute Gasteiger partial charge is 0.478 e. The SMILES string of the molecule is CC(C(=O)N1CCC(n2cc(C(=O)O)cn2)CC1)c1cccs1. The fourth-order valence-corrected chi connectivity index (χ4v) is 3.71. The fourth-order valence-electron chi connectivity index (χ4n) is 2.93. The van der Waals surface area contributed by atoms with Crippen molar-refractivity contribution in [3.05, 3.63) is 40.3 Å². The summed E-state index contributed by atoms with van der Waals surface area (Å²) in [7, 11) is 0. The number of carboxylic acid groups (broad SMARTS) is 1. The first-order chi connectivity index (χ1) is 11.1. The van der Waals surface area contributed by atoms with Crippen LogP contribution in [-0.2, 0) is 4.79 Å². The molecule has 1 N–H and O–H groups in total. The molecule has 0 saturated carbocycles. The second-order valence-corrected chi connectivity index (χ2v) is 6.79. The van der Waals surface area contributed by atoms with Crippen molar-refractivity contribution in [2.24, 2.45) is 0 Å². The molecule has 7 heteroatoms. The lowest BCUT2D eigenvalue weighted by atomic mass is 10.0. The Kier molecular flexibility index (Phi) is 4.47. The first kappa shape index (κ1) is 15.7. The van der Waals surface area contributed by atoms with E-state index in [0.717, 1.165) is 17.7 Å². The highest BCUT2D eigenvalue weighted by molar-refractivity contribution is 7.10. The number of aromatic carboxylic acids is 1. The highest BCUT2D eigenvalue weighted by Crippen LogP contribution is 2.27. The van der Waals surface area contributed by atoms with Crippen molar-refractivity contribution < 1.29 is 14.7 Å². The molecule has 0 radical (unpaired) electrons. The van der Waals surface area contributed by atoms with E-state index in [9.17, 15) is 9.59 Å². The third-order valence-corrected chi connectivity index (χ3v) is 5.39. The van der Waals surface area contributed by atoms with E-state index < -0.39 is 5.97 Å². The van der Waals surface area contributed by atoms with Crippen molar-refractivity contribution in [3.8, 4) is 0 Å². The molecule has 0 bridgehead atoms. The molecule has 1 amide bonds. The molecule has 1 fully saturated rings. The lowest BCUT2D eigenvalue weighted by Gasteiger charge is -2.33. The van der Waals surface area contributed by atoms with E-state index in [-0.39, 0.29) is 23.4 Å². The minimum Gasteiger partial charge on any atom is -0.478 e. The minimum atomic E-state index is -0.964. The summed E-state index contributed by atoms with van der Waals surface area (Å²) in [6.45, 7) is 3.32. The number of hydrogen-bond donors (Lipinski definition) is 1. The molecule has 1 saturated heterocycles. The maximum absolute atomic E-state index is 12.6. The van der Waals surface area contributed by atoms with Gasteiger partial charge in [0.25, 0.3) is 0 Å². The maximum atomic E-state index is 12.6. The van der Waals surface area contributed by atoms with Crippen LogP contribution in [0.1, 0.15) is 47.0 Å². The number of carbonyl (C=O) groups excluding carboxylic acids is 1. The van der Waals surface area contributed by atoms with Gasteiger partial charge in [-0.3, -0.25) is 9.48 Å². The van der Waals surface area contributed by atoms with Crippen molar-refractivity contribution in [1.29, 1.82) is 0 Å². The standard InChI is InChI=1S/C16H19N3O3S/c1-11(14-3-2-8-23-14)15(20)18-6-4-13(5-7-18)19-10-12(9-17-19)16(21)22/h2-3,8-11,13H,4-7H2,1H3,(H,21,22). The van der Waals surface area contributed by atoms with Gasteiger partial charge in [0, 0.05) is 24.2 Å². The van der Waals surface area contributed by atoms with Gasteiger partial charge in [0.1, 0.15) is 0 Å². The van der Waals surface area contributed by atoms with Gasteiger partial charge in [-0.05, 0) is 31.2 Å². The predicted molar refractivity (Wildman–Crippen MR) is 86.8 cm³/mol. The van der Waals surface area contributed by atoms with Crippen LogP contribution in [0.3, 0.4) is 0 Å². The van der Waals surface area contributed by atoms with Crippen LogP contribution in [0.15, 0.2) is 29.9 Å². The van der Waals surface area contributed by atoms with Crippen molar-refractivity contribution in [2.75, 3.05) is 13.1 Å². The number of amides is 1. The van der Waals surface area contributed by atoms with Crippen LogP contribution in [0.25, 0.3) is 0 Å². The van der Waals surface area contributed by atoms with Crippen LogP contribution in [-0.4, -0.2) is 44.8 Å². The highest BCUT2D eigenvalue weighted by atomic mass is 32.1. The molecule has 6 nitrogen and oxygen atoms in total. The summed E-state index contributed by atoms with van der Waals surface area (Å²) in [5.41, 5.74) is 0.204. The molecule has 1 atom stereocenters. The molecule has 1 aliphatic rings. The van der Waals surface area contributed by atoms with Gasteiger partial charge in [-0.15, -0.1) is 11.3 Å². The Morgan fingerprint density at radius 1 is 1.39 bits per heavy atom. The van der Waals surface area contributed by atoms with E-state index >= 15 is 0 Å². The van der Waals surface area contributed by atoms with Gasteiger partial charge in [0.2, 0.25) is 5.91 Å². The first-order valence-corrected chi connectivity index (χ1v) is 8.54. The van der Waals surface area contributed by atoms with Crippen molar-refractivity contribution in [3.63, 3.8) is 0 Å². The Morgan fingerprint density at radius 3 is 2.70 bits per heavy atom. The lowest BCUT2D eigenvalue weighted by Crippen LogP contribution is -2.41. The molecule has 3 heterocycles. The summed E-state index contributed by atoms with van der Waals surface area (Å²) in [4.78, 5) is 26.5. The smallest absolute Gasteiger partial charge is 0.338 e. The molecule has 2 aromatic heterocycles. The first-order valence-electron chi connectivity index (χ1n) is 7.66. The number of aromatic nitrogens is 2. The highest BCUT2D eigenvalue weighted by Gasteiger charge is 2.28. The normalized spacial score (nSPS) is 17.2. The Labute approximate surface area is 138 Å². The van der Waals surface area contributed by atoms with E-state index in [1.807, 2.05) is 29.3 Å². The predicted octanol–water partition coefficient (Wildman–Crippen LogP) is 2.61. The van der Waals surface area contributed by atoms with Crippen LogP contribution in [0.5, 0.6) is 0 Å². The van der Waals surface area contributed by atoms with Gasteiger partial charge in [-0.2, -0.15) is 5.10 Å². The summed E-state index contributed by atoms with van der Waals surface area (Å²) in [6, 6.07) is 4.12. The Morgan fingerprint density at radius 2 is 2.13 bits per heavy atom. The summed E-state index contributed by atoms with van der Waals surface area (Å²) < 4.78 is 1.72. The topological polar surface area (TPSA) is 75.4 Å². The minimum absolute atomic E-state index is 0.102. The Balaban J connectivity index is 1.59. The third kappa shape index (κ3) is 3.29. The second-order valence-electron chi connectivity index (χ2n) is 5.81. The van der Waals surface area contributed by atoms with E-state index in [2.05, 4.69) is 5.10 Å². The Bertz CT molecular complexity index is 687. The number of piperidine rings is 1. The number of carbonyl (C=O) groups is 2. The maximum Gasteiger partial charge on any atom is 0.338 e. The van der Waals surface area contributed by atoms with E-state index in [1.54, 1.807) is 22.2 Å². The monoisotopic (exact) mass is 333 g/mol. The quantitative estimate of drug-likeness (QED) is 0.933. The molecular weight excluding hydrogens is 314 g/mol. The molecule has 23 heavy (non-hydrogen) atoms. The van der Waals surface area contributed by atoms with Crippen molar-refractivity contribution >= 4 is 23.2 Å². The van der Waals surface area contributed by atoms with Crippen LogP contribution in [0.2, 0.25) is 0 Å². The second kappa shape index (κ2) is 6.54. The van der Waals surface area contributed by atoms with Gasteiger partial charge in [0.05, 0.1) is 23.7 Å². The van der Waals surface area contributed by atoms with Gasteiger partial charge >= 0.3 is 5.97 Å². The van der Waals surface area contributed by atoms with Crippen LogP contribution >= 0.6 is 11.3 Å². The molecule has 0 spiro atoms. The van der Waals surface area contributed by atoms with Crippen LogP contribution in [0, 0.1) is 0 Å². The van der Waals surface area contributed by atoms with E-state index in [4.69, 9.17) is 5.11 Å². The fraction of sp³-hybridized carbons (Fsp3) is 0.438. The zero-order valence-electron chi connectivity index (χ0n) is 12.9.